The van der Waals surface area contributed by atoms with E-state index in [2.05, 4.69) is 27.3 Å². The molecule has 0 saturated heterocycles. The first-order chi connectivity index (χ1) is 11.5. The third-order valence-corrected chi connectivity index (χ3v) is 4.09. The molecule has 1 amide bonds. The van der Waals surface area contributed by atoms with E-state index in [0.29, 0.717) is 10.7 Å². The van der Waals surface area contributed by atoms with Gasteiger partial charge in [0.25, 0.3) is 5.91 Å². The first kappa shape index (κ1) is 18.3. The maximum Gasteiger partial charge on any atom is 0.251 e. The second kappa shape index (κ2) is 8.69. The second-order valence-corrected chi connectivity index (χ2v) is 6.16. The Hall–Kier alpha value is -2.07. The summed E-state index contributed by atoms with van der Waals surface area (Å²) in [6.07, 6.45) is 0.786. The number of amides is 1. The molecule has 4 nitrogen and oxygen atoms in total. The number of hydrogen-bond donors (Lipinski definition) is 1. The summed E-state index contributed by atoms with van der Waals surface area (Å²) in [5.41, 5.74) is 1.73. The Morgan fingerprint density at radius 2 is 1.88 bits per heavy atom. The number of rotatable bonds is 7. The number of aromatic nitrogens is 1. The lowest BCUT2D eigenvalue weighted by Gasteiger charge is -2.21. The van der Waals surface area contributed by atoms with Crippen molar-refractivity contribution in [2.45, 2.75) is 33.2 Å². The van der Waals surface area contributed by atoms with Crippen molar-refractivity contribution < 1.29 is 4.79 Å². The molecule has 0 aliphatic heterocycles. The summed E-state index contributed by atoms with van der Waals surface area (Å²) >= 11 is 6.10. The largest absolute Gasteiger partial charge is 0.357 e. The number of hydrogen-bond acceptors (Lipinski definition) is 3. The minimum absolute atomic E-state index is 0.0312. The number of benzene rings is 1. The Labute approximate surface area is 148 Å². The highest BCUT2D eigenvalue weighted by atomic mass is 35.5. The van der Waals surface area contributed by atoms with Crippen molar-refractivity contribution in [3.63, 3.8) is 0 Å². The molecule has 5 heteroatoms. The molecule has 0 aliphatic rings. The fourth-order valence-corrected chi connectivity index (χ4v) is 2.85. The predicted octanol–water partition coefficient (Wildman–Crippen LogP) is 3.94. The molecule has 0 saturated carbocycles. The smallest absolute Gasteiger partial charge is 0.251 e. The van der Waals surface area contributed by atoms with Crippen molar-refractivity contribution in [1.29, 1.82) is 0 Å². The fourth-order valence-electron chi connectivity index (χ4n) is 2.65. The van der Waals surface area contributed by atoms with E-state index in [0.717, 1.165) is 25.3 Å². The third-order valence-electron chi connectivity index (χ3n) is 3.89. The van der Waals surface area contributed by atoms with Gasteiger partial charge in [-0.1, -0.05) is 41.9 Å². The van der Waals surface area contributed by atoms with Crippen LogP contribution in [0.2, 0.25) is 5.15 Å². The van der Waals surface area contributed by atoms with Crippen molar-refractivity contribution in [2.24, 2.45) is 0 Å². The van der Waals surface area contributed by atoms with Crippen LogP contribution in [0.25, 0.3) is 0 Å². The molecule has 2 rings (SSSR count). The van der Waals surface area contributed by atoms with Crippen LogP contribution < -0.4 is 10.2 Å². The third kappa shape index (κ3) is 4.96. The number of nitrogens with zero attached hydrogens (tertiary/aromatic N) is 2. The van der Waals surface area contributed by atoms with Gasteiger partial charge in [-0.05, 0) is 44.9 Å². The van der Waals surface area contributed by atoms with E-state index in [1.165, 1.54) is 5.56 Å². The summed E-state index contributed by atoms with van der Waals surface area (Å²) in [7, 11) is 0. The zero-order valence-corrected chi connectivity index (χ0v) is 15.2. The average Bonchev–Trinajstić information content (AvgIpc) is 2.56. The minimum Gasteiger partial charge on any atom is -0.357 e. The van der Waals surface area contributed by atoms with Gasteiger partial charge in [0.1, 0.15) is 11.0 Å². The van der Waals surface area contributed by atoms with Crippen molar-refractivity contribution in [3.05, 3.63) is 58.7 Å². The Morgan fingerprint density at radius 1 is 1.21 bits per heavy atom. The normalized spacial score (nSPS) is 11.8. The molecule has 1 aromatic carbocycles. The molecule has 1 N–H and O–H groups in total. The lowest BCUT2D eigenvalue weighted by Crippen LogP contribution is -2.34. The molecule has 0 unspecified atom stereocenters. The first-order valence-electron chi connectivity index (χ1n) is 8.30. The number of nitrogens with one attached hydrogen (secondary N) is 1. The fraction of sp³-hybridized carbons (Fsp3) is 0.368. The molecule has 1 aromatic heterocycles. The average molecular weight is 346 g/mol. The van der Waals surface area contributed by atoms with Crippen LogP contribution in [-0.2, 0) is 6.42 Å². The van der Waals surface area contributed by atoms with Gasteiger partial charge < -0.3 is 10.2 Å². The molecule has 1 atom stereocenters. The summed E-state index contributed by atoms with van der Waals surface area (Å²) in [6.45, 7) is 7.73. The highest BCUT2D eigenvalue weighted by Crippen LogP contribution is 2.18. The molecule has 0 aliphatic carbocycles. The quantitative estimate of drug-likeness (QED) is 0.773. The maximum absolute atomic E-state index is 12.5. The van der Waals surface area contributed by atoms with Crippen LogP contribution in [0.4, 0.5) is 5.82 Å². The number of carbonyl (C=O) groups is 1. The molecule has 2 aromatic rings. The maximum atomic E-state index is 12.5. The lowest BCUT2D eigenvalue weighted by molar-refractivity contribution is 0.0940. The lowest BCUT2D eigenvalue weighted by atomic mass is 10.1. The molecule has 24 heavy (non-hydrogen) atoms. The van der Waals surface area contributed by atoms with Gasteiger partial charge in [-0.2, -0.15) is 0 Å². The summed E-state index contributed by atoms with van der Waals surface area (Å²) in [6, 6.07) is 13.5. The van der Waals surface area contributed by atoms with Gasteiger partial charge in [0.2, 0.25) is 0 Å². The van der Waals surface area contributed by atoms with Crippen LogP contribution >= 0.6 is 11.6 Å². The molecular weight excluding hydrogens is 322 g/mol. The highest BCUT2D eigenvalue weighted by Gasteiger charge is 2.14. The second-order valence-electron chi connectivity index (χ2n) is 5.77. The van der Waals surface area contributed by atoms with Gasteiger partial charge in [0.15, 0.2) is 0 Å². The molecule has 0 fully saturated rings. The molecular formula is C19H24ClN3O. The van der Waals surface area contributed by atoms with Crippen molar-refractivity contribution >= 4 is 23.3 Å². The van der Waals surface area contributed by atoms with Crippen molar-refractivity contribution in [2.75, 3.05) is 18.0 Å². The number of pyridine rings is 1. The SMILES string of the molecule is CCN(CC)c1cc(C(=O)N[C@@H](C)Cc2ccccc2)cc(Cl)n1. The Morgan fingerprint density at radius 3 is 2.50 bits per heavy atom. The number of halogens is 1. The van der Waals surface area contributed by atoms with Crippen LogP contribution in [0.5, 0.6) is 0 Å². The van der Waals surface area contributed by atoms with E-state index in [-0.39, 0.29) is 11.9 Å². The van der Waals surface area contributed by atoms with E-state index in [9.17, 15) is 4.79 Å². The van der Waals surface area contributed by atoms with Crippen molar-refractivity contribution in [3.8, 4) is 0 Å². The minimum atomic E-state index is -0.129. The zero-order chi connectivity index (χ0) is 17.5. The van der Waals surface area contributed by atoms with Gasteiger partial charge in [-0.3, -0.25) is 4.79 Å². The van der Waals surface area contributed by atoms with Crippen LogP contribution in [0.1, 0.15) is 36.7 Å². The summed E-state index contributed by atoms with van der Waals surface area (Å²) < 4.78 is 0. The van der Waals surface area contributed by atoms with Gasteiger partial charge in [-0.25, -0.2) is 4.98 Å². The van der Waals surface area contributed by atoms with E-state index >= 15 is 0 Å². The monoisotopic (exact) mass is 345 g/mol. The number of anilines is 1. The van der Waals surface area contributed by atoms with Gasteiger partial charge >= 0.3 is 0 Å². The first-order valence-corrected chi connectivity index (χ1v) is 8.68. The van der Waals surface area contributed by atoms with Crippen LogP contribution in [0.3, 0.4) is 0 Å². The van der Waals surface area contributed by atoms with Crippen LogP contribution in [0.15, 0.2) is 42.5 Å². The van der Waals surface area contributed by atoms with E-state index < -0.39 is 0 Å². The summed E-state index contributed by atoms with van der Waals surface area (Å²) in [4.78, 5) is 18.9. The zero-order valence-electron chi connectivity index (χ0n) is 14.4. The van der Waals surface area contributed by atoms with Gasteiger partial charge in [0, 0.05) is 24.7 Å². The highest BCUT2D eigenvalue weighted by molar-refractivity contribution is 6.29. The van der Waals surface area contributed by atoms with Crippen LogP contribution in [0, 0.1) is 0 Å². The Balaban J connectivity index is 2.08. The number of carbonyl (C=O) groups excluding carboxylic acids is 1. The molecule has 128 valence electrons. The Kier molecular flexibility index (Phi) is 6.62. The summed E-state index contributed by atoms with van der Waals surface area (Å²) in [5, 5.41) is 3.36. The Bertz CT molecular complexity index is 672. The molecule has 1 heterocycles. The van der Waals surface area contributed by atoms with Gasteiger partial charge in [-0.15, -0.1) is 0 Å². The van der Waals surface area contributed by atoms with Gasteiger partial charge in [0.05, 0.1) is 0 Å². The summed E-state index contributed by atoms with van der Waals surface area (Å²) in [5.74, 6) is 0.601. The van der Waals surface area contributed by atoms with Crippen molar-refractivity contribution in [1.82, 2.24) is 10.3 Å². The predicted molar refractivity (Wildman–Crippen MR) is 99.9 cm³/mol. The topological polar surface area (TPSA) is 45.2 Å². The molecule has 0 spiro atoms. The molecule has 0 radical (unpaired) electrons. The standard InChI is InChI=1S/C19H24ClN3O/c1-4-23(5-2)18-13-16(12-17(20)22-18)19(24)21-14(3)11-15-9-7-6-8-10-15/h6-10,12-14H,4-5,11H2,1-3H3,(H,21,24)/t14-/m0/s1. The van der Waals surface area contributed by atoms with E-state index in [1.54, 1.807) is 12.1 Å². The van der Waals surface area contributed by atoms with E-state index in [1.807, 2.05) is 39.0 Å². The molecule has 0 bridgehead atoms. The van der Waals surface area contributed by atoms with Crippen LogP contribution in [-0.4, -0.2) is 30.0 Å². The van der Waals surface area contributed by atoms with E-state index in [4.69, 9.17) is 11.6 Å².